The van der Waals surface area contributed by atoms with E-state index >= 15 is 0 Å². The molecule has 0 aliphatic rings. The highest BCUT2D eigenvalue weighted by atomic mass is 79.9. The van der Waals surface area contributed by atoms with Gasteiger partial charge in [-0.1, -0.05) is 18.2 Å². The first-order valence-electron chi connectivity index (χ1n) is 8.11. The maximum absolute atomic E-state index is 13.3. The predicted octanol–water partition coefficient (Wildman–Crippen LogP) is 4.16. The van der Waals surface area contributed by atoms with Gasteiger partial charge < -0.3 is 9.47 Å². The molecule has 0 N–H and O–H groups in total. The minimum atomic E-state index is -0.332. The summed E-state index contributed by atoms with van der Waals surface area (Å²) in [4.78, 5) is 18.8. The number of fused-ring (bicyclic) bond motifs is 1. The van der Waals surface area contributed by atoms with Crippen molar-refractivity contribution in [3.8, 4) is 0 Å². The molecule has 130 valence electrons. The molecule has 0 saturated carbocycles. The lowest BCUT2D eigenvalue weighted by atomic mass is 10.1. The van der Waals surface area contributed by atoms with Crippen LogP contribution in [0.1, 0.15) is 18.3 Å². The van der Waals surface area contributed by atoms with Gasteiger partial charge in [0.2, 0.25) is 5.91 Å². The summed E-state index contributed by atoms with van der Waals surface area (Å²) in [7, 11) is 1.76. The Hall–Kier alpha value is -2.21. The Labute approximate surface area is 154 Å². The van der Waals surface area contributed by atoms with Gasteiger partial charge in [0.25, 0.3) is 0 Å². The molecule has 1 amide bonds. The molecule has 0 unspecified atom stereocenters. The summed E-state index contributed by atoms with van der Waals surface area (Å²) in [6.45, 7) is 3.29. The summed E-state index contributed by atoms with van der Waals surface area (Å²) in [5, 5.41) is 0. The van der Waals surface area contributed by atoms with E-state index < -0.39 is 0 Å². The summed E-state index contributed by atoms with van der Waals surface area (Å²) in [5.74, 6) is 0.495. The van der Waals surface area contributed by atoms with Crippen LogP contribution >= 0.6 is 15.9 Å². The fraction of sp³-hybridized carbons (Fsp3) is 0.263. The molecular weight excluding hydrogens is 385 g/mol. The first-order chi connectivity index (χ1) is 12.0. The van der Waals surface area contributed by atoms with Crippen LogP contribution in [0.25, 0.3) is 11.0 Å². The van der Waals surface area contributed by atoms with Crippen molar-refractivity contribution in [3.63, 3.8) is 0 Å². The maximum atomic E-state index is 13.3. The van der Waals surface area contributed by atoms with Crippen molar-refractivity contribution in [2.24, 2.45) is 0 Å². The molecule has 2 aromatic carbocycles. The second kappa shape index (κ2) is 7.35. The predicted molar refractivity (Wildman–Crippen MR) is 99.7 cm³/mol. The Morgan fingerprint density at radius 1 is 1.28 bits per heavy atom. The zero-order valence-corrected chi connectivity index (χ0v) is 15.8. The largest absolute Gasteiger partial charge is 0.338 e. The standard InChI is InChI=1S/C19H19BrFN3O/c1-3-24-17-7-5-4-6-16(17)22-18(24)12-23(2)19(25)11-13-8-9-15(21)14(20)10-13/h4-10H,3,11-12H2,1-2H3. The van der Waals surface area contributed by atoms with Gasteiger partial charge in [-0.05, 0) is 52.7 Å². The summed E-state index contributed by atoms with van der Waals surface area (Å²) in [6, 6.07) is 12.6. The minimum Gasteiger partial charge on any atom is -0.338 e. The highest BCUT2D eigenvalue weighted by Crippen LogP contribution is 2.19. The van der Waals surface area contributed by atoms with Crippen molar-refractivity contribution >= 4 is 32.9 Å². The fourth-order valence-electron chi connectivity index (χ4n) is 2.86. The van der Waals surface area contributed by atoms with Crippen LogP contribution in [-0.2, 0) is 24.3 Å². The molecule has 0 aliphatic heterocycles. The molecule has 0 spiro atoms. The van der Waals surface area contributed by atoms with Gasteiger partial charge in [-0.3, -0.25) is 4.79 Å². The van der Waals surface area contributed by atoms with E-state index in [0.29, 0.717) is 11.0 Å². The van der Waals surface area contributed by atoms with E-state index in [0.717, 1.165) is 29.0 Å². The Morgan fingerprint density at radius 2 is 2.04 bits per heavy atom. The Bertz CT molecular complexity index is 922. The fourth-order valence-corrected chi connectivity index (χ4v) is 3.28. The molecule has 3 rings (SSSR count). The zero-order valence-electron chi connectivity index (χ0n) is 14.2. The normalized spacial score (nSPS) is 11.0. The highest BCUT2D eigenvalue weighted by molar-refractivity contribution is 9.10. The number of amides is 1. The number of para-hydroxylation sites is 2. The lowest BCUT2D eigenvalue weighted by molar-refractivity contribution is -0.129. The number of hydrogen-bond donors (Lipinski definition) is 0. The lowest BCUT2D eigenvalue weighted by Crippen LogP contribution is -2.29. The number of benzene rings is 2. The summed E-state index contributed by atoms with van der Waals surface area (Å²) in [6.07, 6.45) is 0.224. The van der Waals surface area contributed by atoms with E-state index in [1.54, 1.807) is 24.1 Å². The summed E-state index contributed by atoms with van der Waals surface area (Å²) in [5.41, 5.74) is 2.78. The van der Waals surface area contributed by atoms with Crippen molar-refractivity contribution in [1.29, 1.82) is 0 Å². The molecule has 1 aromatic heterocycles. The van der Waals surface area contributed by atoms with Crippen LogP contribution in [0.3, 0.4) is 0 Å². The van der Waals surface area contributed by atoms with E-state index in [4.69, 9.17) is 0 Å². The van der Waals surface area contributed by atoms with Crippen molar-refractivity contribution < 1.29 is 9.18 Å². The van der Waals surface area contributed by atoms with Crippen LogP contribution in [0.4, 0.5) is 4.39 Å². The van der Waals surface area contributed by atoms with Gasteiger partial charge in [-0.15, -0.1) is 0 Å². The van der Waals surface area contributed by atoms with E-state index in [1.807, 2.05) is 24.3 Å². The van der Waals surface area contributed by atoms with Gasteiger partial charge in [0.05, 0.1) is 28.5 Å². The smallest absolute Gasteiger partial charge is 0.227 e. The second-order valence-electron chi connectivity index (χ2n) is 5.94. The second-order valence-corrected chi connectivity index (χ2v) is 6.79. The van der Waals surface area contributed by atoms with Crippen LogP contribution in [0.5, 0.6) is 0 Å². The molecule has 4 nitrogen and oxygen atoms in total. The number of halogens is 2. The number of aryl methyl sites for hydroxylation is 1. The Morgan fingerprint density at radius 3 is 2.76 bits per heavy atom. The molecular formula is C19H19BrFN3O. The van der Waals surface area contributed by atoms with E-state index in [1.165, 1.54) is 6.07 Å². The molecule has 0 radical (unpaired) electrons. The lowest BCUT2D eigenvalue weighted by Gasteiger charge is -2.18. The number of carbonyl (C=O) groups excluding carboxylic acids is 1. The van der Waals surface area contributed by atoms with E-state index in [-0.39, 0.29) is 18.1 Å². The maximum Gasteiger partial charge on any atom is 0.227 e. The third-order valence-corrected chi connectivity index (χ3v) is 4.80. The first kappa shape index (κ1) is 17.6. The number of rotatable bonds is 5. The molecule has 0 fully saturated rings. The number of carbonyl (C=O) groups is 1. The molecule has 0 bridgehead atoms. The number of likely N-dealkylation sites (N-methyl/N-ethyl adjacent to an activating group) is 1. The Kier molecular flexibility index (Phi) is 5.18. The van der Waals surface area contributed by atoms with Crippen LogP contribution in [0, 0.1) is 5.82 Å². The molecule has 25 heavy (non-hydrogen) atoms. The van der Waals surface area contributed by atoms with Crippen molar-refractivity contribution in [2.45, 2.75) is 26.4 Å². The van der Waals surface area contributed by atoms with Gasteiger partial charge in [0.15, 0.2) is 0 Å². The van der Waals surface area contributed by atoms with Crippen LogP contribution < -0.4 is 0 Å². The Balaban J connectivity index is 1.76. The van der Waals surface area contributed by atoms with Crippen LogP contribution in [-0.4, -0.2) is 27.4 Å². The molecule has 3 aromatic rings. The topological polar surface area (TPSA) is 38.1 Å². The third-order valence-electron chi connectivity index (χ3n) is 4.19. The number of hydrogen-bond acceptors (Lipinski definition) is 2. The van der Waals surface area contributed by atoms with E-state index in [9.17, 15) is 9.18 Å². The quantitative estimate of drug-likeness (QED) is 0.641. The van der Waals surface area contributed by atoms with Crippen LogP contribution in [0.15, 0.2) is 46.9 Å². The molecule has 0 saturated heterocycles. The molecule has 6 heteroatoms. The first-order valence-corrected chi connectivity index (χ1v) is 8.91. The van der Waals surface area contributed by atoms with Gasteiger partial charge in [0.1, 0.15) is 11.6 Å². The number of imidazole rings is 1. The zero-order chi connectivity index (χ0) is 18.0. The van der Waals surface area contributed by atoms with Gasteiger partial charge in [-0.2, -0.15) is 0 Å². The van der Waals surface area contributed by atoms with Gasteiger partial charge >= 0.3 is 0 Å². The van der Waals surface area contributed by atoms with Crippen molar-refractivity contribution in [3.05, 3.63) is 64.1 Å². The van der Waals surface area contributed by atoms with Gasteiger partial charge in [0, 0.05) is 13.6 Å². The van der Waals surface area contributed by atoms with Crippen molar-refractivity contribution in [2.75, 3.05) is 7.05 Å². The van der Waals surface area contributed by atoms with E-state index in [2.05, 4.69) is 32.4 Å². The average molecular weight is 404 g/mol. The average Bonchev–Trinajstić information content (AvgIpc) is 2.95. The van der Waals surface area contributed by atoms with Gasteiger partial charge in [-0.25, -0.2) is 9.37 Å². The third kappa shape index (κ3) is 3.74. The number of aromatic nitrogens is 2. The van der Waals surface area contributed by atoms with Crippen molar-refractivity contribution in [1.82, 2.24) is 14.5 Å². The SMILES string of the molecule is CCn1c(CN(C)C(=O)Cc2ccc(F)c(Br)c2)nc2ccccc21. The highest BCUT2D eigenvalue weighted by Gasteiger charge is 2.16. The molecule has 0 atom stereocenters. The number of nitrogens with zero attached hydrogens (tertiary/aromatic N) is 3. The molecule has 0 aliphatic carbocycles. The minimum absolute atomic E-state index is 0.0341. The van der Waals surface area contributed by atoms with Crippen LogP contribution in [0.2, 0.25) is 0 Å². The molecule has 1 heterocycles. The summed E-state index contributed by atoms with van der Waals surface area (Å²) < 4.78 is 15.8. The monoisotopic (exact) mass is 403 g/mol. The summed E-state index contributed by atoms with van der Waals surface area (Å²) >= 11 is 3.15.